The Morgan fingerprint density at radius 1 is 0.861 bits per heavy atom. The zero-order valence-electron chi connectivity index (χ0n) is 19.6. The van der Waals surface area contributed by atoms with Crippen molar-refractivity contribution in [3.63, 3.8) is 0 Å². The van der Waals surface area contributed by atoms with E-state index in [-0.39, 0.29) is 17.4 Å². The van der Waals surface area contributed by atoms with E-state index in [2.05, 4.69) is 10.6 Å². The van der Waals surface area contributed by atoms with E-state index in [1.54, 1.807) is 42.5 Å². The largest absolute Gasteiger partial charge is 0.321 e. The quantitative estimate of drug-likeness (QED) is 0.154. The Morgan fingerprint density at radius 3 is 2.25 bits per heavy atom. The molecular formula is C29H24N2O3S2. The predicted molar refractivity (Wildman–Crippen MR) is 148 cm³/mol. The number of thioether (sulfide) groups is 1. The average molecular weight is 513 g/mol. The molecule has 5 nitrogen and oxygen atoms in total. The maximum atomic E-state index is 13.0. The number of benzene rings is 3. The van der Waals surface area contributed by atoms with Crippen LogP contribution >= 0.6 is 23.1 Å². The predicted octanol–water partition coefficient (Wildman–Crippen LogP) is 6.44. The number of nitrogens with one attached hydrogen (secondary N) is 2. The lowest BCUT2D eigenvalue weighted by atomic mass is 10.1. The number of thiophene rings is 1. The molecule has 36 heavy (non-hydrogen) atoms. The fraction of sp³-hybridized carbons (Fsp3) is 0.0690. The summed E-state index contributed by atoms with van der Waals surface area (Å²) in [6, 6.07) is 25.4. The molecule has 3 aromatic carbocycles. The van der Waals surface area contributed by atoms with E-state index in [1.165, 1.54) is 23.1 Å². The van der Waals surface area contributed by atoms with E-state index >= 15 is 0 Å². The van der Waals surface area contributed by atoms with Crippen molar-refractivity contribution in [1.82, 2.24) is 5.32 Å². The van der Waals surface area contributed by atoms with Gasteiger partial charge in [0.15, 0.2) is 5.78 Å². The number of amides is 2. The van der Waals surface area contributed by atoms with E-state index in [0.717, 1.165) is 16.0 Å². The Balaban J connectivity index is 1.40. The van der Waals surface area contributed by atoms with E-state index in [4.69, 9.17) is 0 Å². The third kappa shape index (κ3) is 7.04. The molecule has 1 heterocycles. The summed E-state index contributed by atoms with van der Waals surface area (Å²) in [5, 5.41) is 9.37. The highest BCUT2D eigenvalue weighted by molar-refractivity contribution is 8.00. The van der Waals surface area contributed by atoms with Crippen LogP contribution in [0.4, 0.5) is 5.69 Å². The summed E-state index contributed by atoms with van der Waals surface area (Å²) in [5.74, 6) is -0.402. The molecule has 0 bridgehead atoms. The van der Waals surface area contributed by atoms with Crippen molar-refractivity contribution in [1.29, 1.82) is 0 Å². The summed E-state index contributed by atoms with van der Waals surface area (Å²) < 4.78 is 0. The number of hydrogen-bond donors (Lipinski definition) is 2. The van der Waals surface area contributed by atoms with Gasteiger partial charge in [-0.2, -0.15) is 11.3 Å². The van der Waals surface area contributed by atoms with Gasteiger partial charge in [-0.15, -0.1) is 11.8 Å². The SMILES string of the molecule is Cc1ccc(C(=O)CSc2ccc(NC(=O)/C(=C/c3ccsc3)NC(=O)c3ccccc3)cc2)cc1. The van der Waals surface area contributed by atoms with Crippen LogP contribution in [0.2, 0.25) is 0 Å². The molecule has 2 N–H and O–H groups in total. The highest BCUT2D eigenvalue weighted by atomic mass is 32.2. The van der Waals surface area contributed by atoms with Gasteiger partial charge in [0.25, 0.3) is 11.8 Å². The Morgan fingerprint density at radius 2 is 1.58 bits per heavy atom. The topological polar surface area (TPSA) is 75.3 Å². The minimum Gasteiger partial charge on any atom is -0.321 e. The van der Waals surface area contributed by atoms with Gasteiger partial charge in [-0.05, 0) is 71.8 Å². The molecule has 0 spiro atoms. The van der Waals surface area contributed by atoms with Crippen LogP contribution in [-0.2, 0) is 4.79 Å². The molecule has 0 atom stereocenters. The molecule has 2 amide bonds. The van der Waals surface area contributed by atoms with Crippen molar-refractivity contribution in [3.05, 3.63) is 124 Å². The molecule has 0 saturated heterocycles. The van der Waals surface area contributed by atoms with Crippen LogP contribution in [0.15, 0.2) is 106 Å². The molecule has 0 unspecified atom stereocenters. The highest BCUT2D eigenvalue weighted by Crippen LogP contribution is 2.22. The van der Waals surface area contributed by atoms with E-state index in [0.29, 0.717) is 22.6 Å². The molecule has 4 aromatic rings. The Labute approximate surface area is 218 Å². The summed E-state index contributed by atoms with van der Waals surface area (Å²) in [4.78, 5) is 39.1. The van der Waals surface area contributed by atoms with Crippen LogP contribution in [-0.4, -0.2) is 23.4 Å². The first-order valence-electron chi connectivity index (χ1n) is 11.2. The van der Waals surface area contributed by atoms with Gasteiger partial charge >= 0.3 is 0 Å². The molecule has 1 aromatic heterocycles. The van der Waals surface area contributed by atoms with Gasteiger partial charge in [0.1, 0.15) is 5.70 Å². The molecule has 0 radical (unpaired) electrons. The summed E-state index contributed by atoms with van der Waals surface area (Å²) >= 11 is 2.95. The van der Waals surface area contributed by atoms with E-state index in [1.807, 2.05) is 66.2 Å². The molecule has 0 aliphatic heterocycles. The first-order valence-corrected chi connectivity index (χ1v) is 13.1. The molecule has 0 saturated carbocycles. The Hall–Kier alpha value is -3.94. The summed E-state index contributed by atoms with van der Waals surface area (Å²) in [7, 11) is 0. The van der Waals surface area contributed by atoms with Gasteiger partial charge in [0.2, 0.25) is 0 Å². The minimum atomic E-state index is -0.430. The second kappa shape index (κ2) is 12.2. The zero-order chi connectivity index (χ0) is 25.3. The van der Waals surface area contributed by atoms with Crippen molar-refractivity contribution in [2.45, 2.75) is 11.8 Å². The fourth-order valence-corrected chi connectivity index (χ4v) is 4.68. The van der Waals surface area contributed by atoms with Crippen molar-refractivity contribution < 1.29 is 14.4 Å². The molecule has 0 fully saturated rings. The molecule has 0 aliphatic rings. The molecule has 7 heteroatoms. The maximum Gasteiger partial charge on any atom is 0.272 e. The maximum absolute atomic E-state index is 13.0. The molecular weight excluding hydrogens is 488 g/mol. The van der Waals surface area contributed by atoms with Gasteiger partial charge in [0, 0.05) is 21.7 Å². The van der Waals surface area contributed by atoms with Crippen LogP contribution in [0.3, 0.4) is 0 Å². The summed E-state index contributed by atoms with van der Waals surface area (Å²) in [5.41, 5.74) is 3.82. The van der Waals surface area contributed by atoms with Crippen molar-refractivity contribution in [2.24, 2.45) is 0 Å². The number of anilines is 1. The minimum absolute atomic E-state index is 0.0646. The number of Topliss-reactive ketones (excluding diaryl/α,β-unsaturated/α-hetero) is 1. The van der Waals surface area contributed by atoms with Gasteiger partial charge in [0.05, 0.1) is 5.75 Å². The monoisotopic (exact) mass is 512 g/mol. The van der Waals surface area contributed by atoms with Gasteiger partial charge in [-0.1, -0.05) is 48.0 Å². The first kappa shape index (κ1) is 25.2. The number of ketones is 1. The van der Waals surface area contributed by atoms with Crippen molar-refractivity contribution in [2.75, 3.05) is 11.1 Å². The second-order valence-corrected chi connectivity index (χ2v) is 9.82. The molecule has 4 rings (SSSR count). The van der Waals surface area contributed by atoms with Gasteiger partial charge in [-0.25, -0.2) is 0 Å². The standard InChI is InChI=1S/C29H24N2O3S2/c1-20-7-9-22(10-8-20)27(32)19-36-25-13-11-24(12-14-25)30-29(34)26(17-21-15-16-35-18-21)31-28(33)23-5-3-2-4-6-23/h2-18H,19H2,1H3,(H,30,34)(H,31,33)/b26-17-. The lowest BCUT2D eigenvalue weighted by Crippen LogP contribution is -2.30. The lowest BCUT2D eigenvalue weighted by molar-refractivity contribution is -0.113. The number of carbonyl (C=O) groups excluding carboxylic acids is 3. The third-order valence-electron chi connectivity index (χ3n) is 5.24. The second-order valence-electron chi connectivity index (χ2n) is 7.99. The summed E-state index contributed by atoms with van der Waals surface area (Å²) in [6.07, 6.45) is 1.65. The lowest BCUT2D eigenvalue weighted by Gasteiger charge is -2.11. The van der Waals surface area contributed by atoms with Crippen LogP contribution in [0.1, 0.15) is 31.8 Å². The van der Waals surface area contributed by atoms with Crippen LogP contribution < -0.4 is 10.6 Å². The van der Waals surface area contributed by atoms with Crippen LogP contribution in [0.25, 0.3) is 6.08 Å². The van der Waals surface area contributed by atoms with E-state index < -0.39 is 5.91 Å². The Kier molecular flexibility index (Phi) is 8.49. The van der Waals surface area contributed by atoms with E-state index in [9.17, 15) is 14.4 Å². The smallest absolute Gasteiger partial charge is 0.272 e. The molecule has 0 aliphatic carbocycles. The first-order chi connectivity index (χ1) is 17.5. The van der Waals surface area contributed by atoms with Gasteiger partial charge in [-0.3, -0.25) is 14.4 Å². The number of aryl methyl sites for hydroxylation is 1. The normalized spacial score (nSPS) is 11.1. The highest BCUT2D eigenvalue weighted by Gasteiger charge is 2.15. The number of hydrogen-bond acceptors (Lipinski definition) is 5. The van der Waals surface area contributed by atoms with Crippen LogP contribution in [0.5, 0.6) is 0 Å². The van der Waals surface area contributed by atoms with Crippen LogP contribution in [0, 0.1) is 6.92 Å². The van der Waals surface area contributed by atoms with Crippen molar-refractivity contribution in [3.8, 4) is 0 Å². The zero-order valence-corrected chi connectivity index (χ0v) is 21.2. The van der Waals surface area contributed by atoms with Crippen molar-refractivity contribution >= 4 is 52.5 Å². The number of rotatable bonds is 9. The fourth-order valence-electron chi connectivity index (χ4n) is 3.27. The summed E-state index contributed by atoms with van der Waals surface area (Å²) in [6.45, 7) is 1.99. The van der Waals surface area contributed by atoms with Gasteiger partial charge < -0.3 is 10.6 Å². The third-order valence-corrected chi connectivity index (χ3v) is 6.95. The number of carbonyl (C=O) groups is 3. The Bertz CT molecular complexity index is 1360. The molecule has 180 valence electrons. The average Bonchev–Trinajstić information content (AvgIpc) is 3.42.